The molecule has 0 bridgehead atoms. The highest BCUT2D eigenvalue weighted by Gasteiger charge is 2.41. The highest BCUT2D eigenvalue weighted by Crippen LogP contribution is 2.34. The van der Waals surface area contributed by atoms with E-state index in [1.807, 2.05) is 0 Å². The number of hydrogen-bond donors (Lipinski definition) is 0. The van der Waals surface area contributed by atoms with Crippen LogP contribution in [-0.2, 0) is 10.9 Å². The number of carbonyl (C=O) groups is 1. The summed E-state index contributed by atoms with van der Waals surface area (Å²) >= 11 is 3.10. The van der Waals surface area contributed by atoms with Gasteiger partial charge in [-0.1, -0.05) is 0 Å². The topological polar surface area (TPSA) is 43.6 Å². The first-order valence-electron chi connectivity index (χ1n) is 5.27. The van der Waals surface area contributed by atoms with Crippen molar-refractivity contribution in [2.45, 2.75) is 13.1 Å². The van der Waals surface area contributed by atoms with Crippen molar-refractivity contribution < 1.29 is 22.7 Å². The first-order chi connectivity index (χ1) is 8.86. The molecule has 0 aromatic carbocycles. The van der Waals surface area contributed by atoms with E-state index in [2.05, 4.69) is 25.7 Å². The van der Waals surface area contributed by atoms with E-state index in [9.17, 15) is 18.0 Å². The van der Waals surface area contributed by atoms with Gasteiger partial charge in [0.1, 0.15) is 0 Å². The maximum absolute atomic E-state index is 13.1. The van der Waals surface area contributed by atoms with Gasteiger partial charge < -0.3 is 4.74 Å². The third kappa shape index (κ3) is 2.44. The van der Waals surface area contributed by atoms with Gasteiger partial charge in [-0.25, -0.2) is 9.78 Å². The van der Waals surface area contributed by atoms with E-state index >= 15 is 0 Å². The van der Waals surface area contributed by atoms with Crippen LogP contribution in [0.4, 0.5) is 13.2 Å². The van der Waals surface area contributed by atoms with Gasteiger partial charge in [0.05, 0.1) is 11.1 Å². The molecule has 0 atom stereocenters. The number of rotatable bonds is 2. The highest BCUT2D eigenvalue weighted by atomic mass is 79.9. The van der Waals surface area contributed by atoms with Crippen LogP contribution in [-0.4, -0.2) is 22.0 Å². The third-order valence-electron chi connectivity index (χ3n) is 2.34. The van der Waals surface area contributed by atoms with Gasteiger partial charge >= 0.3 is 12.1 Å². The van der Waals surface area contributed by atoms with Crippen LogP contribution in [0.15, 0.2) is 22.8 Å². The average Bonchev–Trinajstić information content (AvgIpc) is 2.69. The standard InChI is InChI=1S/C11H8BrF3N2O2/c1-2-19-10(18)7-8(11(13,14)15)17-5-3-4-6(12)9(17)16-7/h3-5H,2H2,1H3. The van der Waals surface area contributed by atoms with Crippen molar-refractivity contribution >= 4 is 27.5 Å². The summed E-state index contributed by atoms with van der Waals surface area (Å²) in [6.07, 6.45) is -3.51. The Morgan fingerprint density at radius 3 is 2.79 bits per heavy atom. The number of halogens is 4. The van der Waals surface area contributed by atoms with Crippen LogP contribution in [0.5, 0.6) is 0 Å². The zero-order valence-electron chi connectivity index (χ0n) is 9.66. The molecule has 0 aliphatic rings. The van der Waals surface area contributed by atoms with Gasteiger partial charge in [-0.05, 0) is 35.0 Å². The van der Waals surface area contributed by atoms with Crippen LogP contribution in [0, 0.1) is 0 Å². The van der Waals surface area contributed by atoms with Crippen LogP contribution in [0.3, 0.4) is 0 Å². The number of imidazole rings is 1. The van der Waals surface area contributed by atoms with Crippen molar-refractivity contribution in [1.82, 2.24) is 9.38 Å². The summed E-state index contributed by atoms with van der Waals surface area (Å²) in [5, 5.41) is 0. The molecule has 2 aromatic heterocycles. The molecule has 19 heavy (non-hydrogen) atoms. The van der Waals surface area contributed by atoms with Crippen LogP contribution in [0.1, 0.15) is 23.1 Å². The fraction of sp³-hybridized carbons (Fsp3) is 0.273. The third-order valence-corrected chi connectivity index (χ3v) is 2.96. The molecule has 0 aliphatic carbocycles. The zero-order valence-corrected chi connectivity index (χ0v) is 11.2. The van der Waals surface area contributed by atoms with Gasteiger partial charge in [0, 0.05) is 6.20 Å². The molecule has 0 spiro atoms. The molecule has 0 fully saturated rings. The molecule has 2 aromatic rings. The first-order valence-corrected chi connectivity index (χ1v) is 6.06. The Bertz CT molecular complexity index is 637. The molecule has 2 rings (SSSR count). The molecule has 102 valence electrons. The number of fused-ring (bicyclic) bond motifs is 1. The summed E-state index contributed by atoms with van der Waals surface area (Å²) in [4.78, 5) is 15.3. The summed E-state index contributed by atoms with van der Waals surface area (Å²) < 4.78 is 45.0. The molecule has 0 aliphatic heterocycles. The number of hydrogen-bond acceptors (Lipinski definition) is 3. The Hall–Kier alpha value is -1.57. The molecule has 0 saturated heterocycles. The Balaban J connectivity index is 2.76. The quantitative estimate of drug-likeness (QED) is 0.790. The predicted molar refractivity (Wildman–Crippen MR) is 63.9 cm³/mol. The largest absolute Gasteiger partial charge is 0.461 e. The van der Waals surface area contributed by atoms with Crippen molar-refractivity contribution in [3.05, 3.63) is 34.2 Å². The van der Waals surface area contributed by atoms with Gasteiger partial charge in [0.15, 0.2) is 17.0 Å². The molecular weight excluding hydrogens is 329 g/mol. The smallest absolute Gasteiger partial charge is 0.434 e. The summed E-state index contributed by atoms with van der Waals surface area (Å²) in [7, 11) is 0. The molecule has 0 unspecified atom stereocenters. The SMILES string of the molecule is CCOC(=O)c1nc2c(Br)cccn2c1C(F)(F)F. The van der Waals surface area contributed by atoms with Crippen molar-refractivity contribution in [2.75, 3.05) is 6.61 Å². The highest BCUT2D eigenvalue weighted by molar-refractivity contribution is 9.10. The summed E-state index contributed by atoms with van der Waals surface area (Å²) in [6.45, 7) is 1.49. The molecule has 4 nitrogen and oxygen atoms in total. The minimum Gasteiger partial charge on any atom is -0.461 e. The number of ether oxygens (including phenoxy) is 1. The van der Waals surface area contributed by atoms with Crippen LogP contribution < -0.4 is 0 Å². The number of nitrogens with zero attached hydrogens (tertiary/aromatic N) is 2. The van der Waals surface area contributed by atoms with Crippen molar-refractivity contribution in [1.29, 1.82) is 0 Å². The summed E-state index contributed by atoms with van der Waals surface area (Å²) in [5.74, 6) is -1.09. The normalized spacial score (nSPS) is 11.8. The molecule has 0 N–H and O–H groups in total. The van der Waals surface area contributed by atoms with Crippen molar-refractivity contribution in [2.24, 2.45) is 0 Å². The fourth-order valence-corrected chi connectivity index (χ4v) is 2.08. The minimum atomic E-state index is -4.71. The van der Waals surface area contributed by atoms with Crippen LogP contribution in [0.25, 0.3) is 5.65 Å². The van der Waals surface area contributed by atoms with Crippen molar-refractivity contribution in [3.63, 3.8) is 0 Å². The molecule has 0 radical (unpaired) electrons. The Morgan fingerprint density at radius 2 is 2.21 bits per heavy atom. The molecule has 2 heterocycles. The Morgan fingerprint density at radius 1 is 1.53 bits per heavy atom. The first kappa shape index (κ1) is 13.9. The number of aromatic nitrogens is 2. The maximum Gasteiger partial charge on any atom is 0.434 e. The van der Waals surface area contributed by atoms with Crippen LogP contribution in [0.2, 0.25) is 0 Å². The number of esters is 1. The van der Waals surface area contributed by atoms with Gasteiger partial charge in [0.25, 0.3) is 0 Å². The van der Waals surface area contributed by atoms with Gasteiger partial charge in [-0.15, -0.1) is 0 Å². The lowest BCUT2D eigenvalue weighted by Crippen LogP contribution is -2.16. The van der Waals surface area contributed by atoms with Gasteiger partial charge in [-0.2, -0.15) is 13.2 Å². The lowest BCUT2D eigenvalue weighted by atomic mass is 10.3. The maximum atomic E-state index is 13.1. The van der Waals surface area contributed by atoms with Gasteiger partial charge in [-0.3, -0.25) is 4.40 Å². The second kappa shape index (κ2) is 4.84. The molecule has 8 heteroatoms. The fourth-order valence-electron chi connectivity index (χ4n) is 1.65. The summed E-state index contributed by atoms with van der Waals surface area (Å²) in [5.41, 5.74) is -1.86. The van der Waals surface area contributed by atoms with E-state index in [1.54, 1.807) is 0 Å². The monoisotopic (exact) mass is 336 g/mol. The lowest BCUT2D eigenvalue weighted by Gasteiger charge is -2.08. The Labute approximate surface area is 114 Å². The van der Waals surface area contributed by atoms with E-state index in [1.165, 1.54) is 25.3 Å². The summed E-state index contributed by atoms with van der Waals surface area (Å²) in [6, 6.07) is 2.96. The number of carbonyl (C=O) groups excluding carboxylic acids is 1. The Kier molecular flexibility index (Phi) is 3.53. The van der Waals surface area contributed by atoms with E-state index in [0.717, 1.165) is 4.40 Å². The second-order valence-electron chi connectivity index (χ2n) is 3.58. The van der Waals surface area contributed by atoms with E-state index in [-0.39, 0.29) is 12.3 Å². The average molecular weight is 337 g/mol. The zero-order chi connectivity index (χ0) is 14.2. The minimum absolute atomic E-state index is 0.0119. The van der Waals surface area contributed by atoms with Crippen molar-refractivity contribution in [3.8, 4) is 0 Å². The van der Waals surface area contributed by atoms with E-state index < -0.39 is 23.5 Å². The predicted octanol–water partition coefficient (Wildman–Crippen LogP) is 3.29. The van der Waals surface area contributed by atoms with E-state index in [0.29, 0.717) is 4.47 Å². The number of alkyl halides is 3. The van der Waals surface area contributed by atoms with Crippen LogP contribution >= 0.6 is 15.9 Å². The lowest BCUT2D eigenvalue weighted by molar-refractivity contribution is -0.142. The molecule has 0 amide bonds. The van der Waals surface area contributed by atoms with Gasteiger partial charge in [0.2, 0.25) is 0 Å². The molecular formula is C11H8BrF3N2O2. The van der Waals surface area contributed by atoms with E-state index in [4.69, 9.17) is 0 Å². The number of pyridine rings is 1. The second-order valence-corrected chi connectivity index (χ2v) is 4.43. The molecule has 0 saturated carbocycles.